The Balaban J connectivity index is 1.99. The standard InChI is InChI=1S/C17H27N3O/c1-20(2)12-16(13-6-4-3-5-7-13)19-17(21)14-8-10-15(18)11-9-14/h3-7,14-16H,8-12,18H2,1-2H3,(H,19,21). The molecule has 0 bridgehead atoms. The van der Waals surface area contributed by atoms with Gasteiger partial charge in [-0.1, -0.05) is 30.3 Å². The summed E-state index contributed by atoms with van der Waals surface area (Å²) in [5.74, 6) is 0.302. The first kappa shape index (κ1) is 16.0. The Kier molecular flexibility index (Phi) is 5.76. The second kappa shape index (κ2) is 7.57. The van der Waals surface area contributed by atoms with E-state index in [2.05, 4.69) is 22.3 Å². The van der Waals surface area contributed by atoms with E-state index >= 15 is 0 Å². The van der Waals surface area contributed by atoms with E-state index in [1.165, 1.54) is 0 Å². The second-order valence-corrected chi connectivity index (χ2v) is 6.35. The molecule has 0 spiro atoms. The molecule has 0 aromatic heterocycles. The summed E-state index contributed by atoms with van der Waals surface area (Å²) in [5.41, 5.74) is 7.08. The molecular formula is C17H27N3O. The second-order valence-electron chi connectivity index (χ2n) is 6.35. The number of hydrogen-bond donors (Lipinski definition) is 2. The predicted octanol–water partition coefficient (Wildman–Crippen LogP) is 1.92. The maximum atomic E-state index is 12.5. The minimum Gasteiger partial charge on any atom is -0.348 e. The largest absolute Gasteiger partial charge is 0.348 e. The predicted molar refractivity (Wildman–Crippen MR) is 85.8 cm³/mol. The summed E-state index contributed by atoms with van der Waals surface area (Å²) in [5, 5.41) is 3.23. The van der Waals surface area contributed by atoms with Crippen LogP contribution >= 0.6 is 0 Å². The first-order valence-corrected chi connectivity index (χ1v) is 7.82. The molecule has 2 rings (SSSR count). The average Bonchev–Trinajstić information content (AvgIpc) is 2.47. The van der Waals surface area contributed by atoms with Gasteiger partial charge >= 0.3 is 0 Å². The zero-order chi connectivity index (χ0) is 15.2. The van der Waals surface area contributed by atoms with Crippen LogP contribution in [0, 0.1) is 5.92 Å². The molecule has 1 aliphatic carbocycles. The van der Waals surface area contributed by atoms with Gasteiger partial charge in [-0.2, -0.15) is 0 Å². The highest BCUT2D eigenvalue weighted by Crippen LogP contribution is 2.24. The van der Waals surface area contributed by atoms with Crippen molar-refractivity contribution in [2.45, 2.75) is 37.8 Å². The third-order valence-corrected chi connectivity index (χ3v) is 4.21. The Bertz CT molecular complexity index is 439. The average molecular weight is 289 g/mol. The summed E-state index contributed by atoms with van der Waals surface area (Å²) in [4.78, 5) is 14.6. The van der Waals surface area contributed by atoms with Gasteiger partial charge in [0.1, 0.15) is 0 Å². The maximum Gasteiger partial charge on any atom is 0.223 e. The van der Waals surface area contributed by atoms with E-state index in [-0.39, 0.29) is 23.9 Å². The highest BCUT2D eigenvalue weighted by atomic mass is 16.1. The van der Waals surface area contributed by atoms with Crippen LogP contribution in [-0.2, 0) is 4.79 Å². The van der Waals surface area contributed by atoms with Gasteiger partial charge in [0.15, 0.2) is 0 Å². The van der Waals surface area contributed by atoms with Crippen LogP contribution < -0.4 is 11.1 Å². The van der Waals surface area contributed by atoms with E-state index in [0.717, 1.165) is 37.8 Å². The molecular weight excluding hydrogens is 262 g/mol. The fourth-order valence-electron chi connectivity index (χ4n) is 2.96. The molecule has 0 radical (unpaired) electrons. The van der Waals surface area contributed by atoms with E-state index in [1.807, 2.05) is 32.3 Å². The van der Waals surface area contributed by atoms with Crippen LogP contribution in [0.15, 0.2) is 30.3 Å². The molecule has 1 saturated carbocycles. The van der Waals surface area contributed by atoms with Crippen LogP contribution in [0.2, 0.25) is 0 Å². The molecule has 1 atom stereocenters. The van der Waals surface area contributed by atoms with Crippen LogP contribution in [0.4, 0.5) is 0 Å². The number of hydrogen-bond acceptors (Lipinski definition) is 3. The smallest absolute Gasteiger partial charge is 0.223 e. The number of nitrogens with one attached hydrogen (secondary N) is 1. The van der Waals surface area contributed by atoms with Gasteiger partial charge in [-0.3, -0.25) is 4.79 Å². The highest BCUT2D eigenvalue weighted by Gasteiger charge is 2.26. The number of nitrogens with two attached hydrogens (primary N) is 1. The van der Waals surface area contributed by atoms with Crippen LogP contribution in [0.3, 0.4) is 0 Å². The summed E-state index contributed by atoms with van der Waals surface area (Å²) in [6.45, 7) is 0.808. The van der Waals surface area contributed by atoms with Gasteiger partial charge in [-0.05, 0) is 45.3 Å². The van der Waals surface area contributed by atoms with Crippen molar-refractivity contribution < 1.29 is 4.79 Å². The Morgan fingerprint density at radius 2 is 1.86 bits per heavy atom. The van der Waals surface area contributed by atoms with Crippen molar-refractivity contribution in [1.82, 2.24) is 10.2 Å². The molecule has 4 nitrogen and oxygen atoms in total. The van der Waals surface area contributed by atoms with E-state index < -0.39 is 0 Å². The van der Waals surface area contributed by atoms with Gasteiger partial charge in [-0.15, -0.1) is 0 Å². The molecule has 1 aromatic rings. The molecule has 1 unspecified atom stereocenters. The number of carbonyl (C=O) groups is 1. The fourth-order valence-corrected chi connectivity index (χ4v) is 2.96. The Hall–Kier alpha value is -1.39. The van der Waals surface area contributed by atoms with E-state index in [4.69, 9.17) is 5.73 Å². The van der Waals surface area contributed by atoms with Gasteiger partial charge in [0, 0.05) is 18.5 Å². The Labute approximate surface area is 127 Å². The number of likely N-dealkylation sites (N-methyl/N-ethyl adjacent to an activating group) is 1. The van der Waals surface area contributed by atoms with Crippen molar-refractivity contribution in [3.05, 3.63) is 35.9 Å². The molecule has 116 valence electrons. The van der Waals surface area contributed by atoms with Crippen LogP contribution in [-0.4, -0.2) is 37.5 Å². The maximum absolute atomic E-state index is 12.5. The summed E-state index contributed by atoms with van der Waals surface area (Å²) in [7, 11) is 4.06. The number of rotatable bonds is 5. The summed E-state index contributed by atoms with van der Waals surface area (Å²) < 4.78 is 0. The van der Waals surface area contributed by atoms with Crippen molar-refractivity contribution in [2.24, 2.45) is 11.7 Å². The lowest BCUT2D eigenvalue weighted by Crippen LogP contribution is -2.40. The number of amides is 1. The monoisotopic (exact) mass is 289 g/mol. The van der Waals surface area contributed by atoms with E-state index in [1.54, 1.807) is 0 Å². The van der Waals surface area contributed by atoms with Crippen molar-refractivity contribution in [2.75, 3.05) is 20.6 Å². The lowest BCUT2D eigenvalue weighted by molar-refractivity contribution is -0.126. The quantitative estimate of drug-likeness (QED) is 0.870. The summed E-state index contributed by atoms with van der Waals surface area (Å²) >= 11 is 0. The molecule has 0 aliphatic heterocycles. The molecule has 0 heterocycles. The zero-order valence-electron chi connectivity index (χ0n) is 13.1. The van der Waals surface area contributed by atoms with E-state index in [9.17, 15) is 4.79 Å². The number of nitrogens with zero attached hydrogens (tertiary/aromatic N) is 1. The molecule has 1 aromatic carbocycles. The highest BCUT2D eigenvalue weighted by molar-refractivity contribution is 5.79. The van der Waals surface area contributed by atoms with Crippen LogP contribution in [0.1, 0.15) is 37.3 Å². The third kappa shape index (κ3) is 4.83. The Morgan fingerprint density at radius 1 is 1.24 bits per heavy atom. The zero-order valence-corrected chi connectivity index (χ0v) is 13.1. The molecule has 3 N–H and O–H groups in total. The SMILES string of the molecule is CN(C)CC(NC(=O)C1CCC(N)CC1)c1ccccc1. The summed E-state index contributed by atoms with van der Waals surface area (Å²) in [6, 6.07) is 10.5. The minimum atomic E-state index is 0.0456. The lowest BCUT2D eigenvalue weighted by atomic mass is 9.85. The molecule has 1 fully saturated rings. The van der Waals surface area contributed by atoms with Crippen LogP contribution in [0.25, 0.3) is 0 Å². The molecule has 4 heteroatoms. The topological polar surface area (TPSA) is 58.4 Å². The van der Waals surface area contributed by atoms with Gasteiger partial charge in [0.25, 0.3) is 0 Å². The van der Waals surface area contributed by atoms with Crippen molar-refractivity contribution in [3.63, 3.8) is 0 Å². The van der Waals surface area contributed by atoms with E-state index in [0.29, 0.717) is 0 Å². The van der Waals surface area contributed by atoms with Gasteiger partial charge in [0.2, 0.25) is 5.91 Å². The van der Waals surface area contributed by atoms with Crippen LogP contribution in [0.5, 0.6) is 0 Å². The fraction of sp³-hybridized carbons (Fsp3) is 0.588. The number of carbonyl (C=O) groups excluding carboxylic acids is 1. The first-order chi connectivity index (χ1) is 10.1. The van der Waals surface area contributed by atoms with Crippen molar-refractivity contribution in [3.8, 4) is 0 Å². The van der Waals surface area contributed by atoms with Crippen molar-refractivity contribution in [1.29, 1.82) is 0 Å². The minimum absolute atomic E-state index is 0.0456. The van der Waals surface area contributed by atoms with Gasteiger partial charge in [0.05, 0.1) is 6.04 Å². The molecule has 0 saturated heterocycles. The third-order valence-electron chi connectivity index (χ3n) is 4.21. The summed E-state index contributed by atoms with van der Waals surface area (Å²) in [6.07, 6.45) is 3.75. The van der Waals surface area contributed by atoms with Gasteiger partial charge in [-0.25, -0.2) is 0 Å². The molecule has 1 aliphatic rings. The first-order valence-electron chi connectivity index (χ1n) is 7.82. The Morgan fingerprint density at radius 3 is 2.43 bits per heavy atom. The molecule has 1 amide bonds. The van der Waals surface area contributed by atoms with Crippen molar-refractivity contribution >= 4 is 5.91 Å². The lowest BCUT2D eigenvalue weighted by Gasteiger charge is -2.28. The molecule has 21 heavy (non-hydrogen) atoms. The number of benzene rings is 1. The normalized spacial score (nSPS) is 23.8. The van der Waals surface area contributed by atoms with Gasteiger partial charge < -0.3 is 16.0 Å².